The summed E-state index contributed by atoms with van der Waals surface area (Å²) in [6, 6.07) is 7.38. The van der Waals surface area contributed by atoms with Crippen LogP contribution in [0.1, 0.15) is 0 Å². The van der Waals surface area contributed by atoms with Gasteiger partial charge in [0, 0.05) is 19.6 Å². The van der Waals surface area contributed by atoms with Gasteiger partial charge in [0.2, 0.25) is 10.0 Å². The Morgan fingerprint density at radius 1 is 1.26 bits per heavy atom. The van der Waals surface area contributed by atoms with Gasteiger partial charge >= 0.3 is 0 Å². The van der Waals surface area contributed by atoms with Crippen molar-refractivity contribution in [1.82, 2.24) is 0 Å². The Kier molecular flexibility index (Phi) is 4.62. The van der Waals surface area contributed by atoms with E-state index in [-0.39, 0.29) is 12.3 Å². The predicted octanol–water partition coefficient (Wildman–Crippen LogP) is 0.224. The quantitative estimate of drug-likeness (QED) is 0.808. The Labute approximate surface area is 113 Å². The minimum Gasteiger partial charge on any atom is -0.378 e. The minimum atomic E-state index is -3.38. The number of hydrogen-bond donors (Lipinski definition) is 2. The Balaban J connectivity index is 2.20. The van der Waals surface area contributed by atoms with Gasteiger partial charge in [-0.3, -0.25) is 4.72 Å². The summed E-state index contributed by atoms with van der Waals surface area (Å²) in [5, 5.41) is 0. The largest absolute Gasteiger partial charge is 0.378 e. The maximum Gasteiger partial charge on any atom is 0.234 e. The summed E-state index contributed by atoms with van der Waals surface area (Å²) >= 11 is 0. The van der Waals surface area contributed by atoms with Crippen LogP contribution in [0.2, 0.25) is 0 Å². The van der Waals surface area contributed by atoms with Crippen LogP contribution in [0.3, 0.4) is 0 Å². The summed E-state index contributed by atoms with van der Waals surface area (Å²) in [5.41, 5.74) is 6.78. The van der Waals surface area contributed by atoms with E-state index in [2.05, 4.69) is 9.62 Å². The molecule has 0 atom stereocenters. The number of ether oxygens (including phenoxy) is 1. The first-order valence-electron chi connectivity index (χ1n) is 6.25. The van der Waals surface area contributed by atoms with E-state index in [0.717, 1.165) is 18.8 Å². The Morgan fingerprint density at radius 2 is 1.95 bits per heavy atom. The van der Waals surface area contributed by atoms with Crippen molar-refractivity contribution < 1.29 is 13.2 Å². The van der Waals surface area contributed by atoms with Gasteiger partial charge in [-0.2, -0.15) is 0 Å². The minimum absolute atomic E-state index is 0.0789. The monoisotopic (exact) mass is 285 g/mol. The van der Waals surface area contributed by atoms with Crippen molar-refractivity contribution >= 4 is 21.4 Å². The fourth-order valence-electron chi connectivity index (χ4n) is 2.01. The fourth-order valence-corrected chi connectivity index (χ4v) is 2.93. The third kappa shape index (κ3) is 3.82. The van der Waals surface area contributed by atoms with Gasteiger partial charge in [-0.25, -0.2) is 8.42 Å². The van der Waals surface area contributed by atoms with Crippen LogP contribution in [-0.2, 0) is 14.8 Å². The lowest BCUT2D eigenvalue weighted by molar-refractivity contribution is 0.123. The number of anilines is 2. The first-order valence-corrected chi connectivity index (χ1v) is 7.90. The average molecular weight is 285 g/mol. The summed E-state index contributed by atoms with van der Waals surface area (Å²) in [7, 11) is -3.38. The van der Waals surface area contributed by atoms with Crippen LogP contribution < -0.4 is 15.4 Å². The molecule has 19 heavy (non-hydrogen) atoms. The Hall–Kier alpha value is -1.31. The van der Waals surface area contributed by atoms with Gasteiger partial charge in [0.05, 0.1) is 30.3 Å². The van der Waals surface area contributed by atoms with Crippen LogP contribution in [0.4, 0.5) is 11.4 Å². The molecule has 1 fully saturated rings. The molecule has 2 rings (SSSR count). The van der Waals surface area contributed by atoms with Gasteiger partial charge in [0.25, 0.3) is 0 Å². The SMILES string of the molecule is NCCS(=O)(=O)Nc1ccccc1N1CCOCC1. The molecule has 0 aromatic heterocycles. The van der Waals surface area contributed by atoms with Gasteiger partial charge in [0.15, 0.2) is 0 Å². The molecule has 0 bridgehead atoms. The third-order valence-corrected chi connectivity index (χ3v) is 4.21. The van der Waals surface area contributed by atoms with Crippen molar-refractivity contribution in [2.24, 2.45) is 5.73 Å². The Morgan fingerprint density at radius 3 is 2.63 bits per heavy atom. The predicted molar refractivity (Wildman–Crippen MR) is 75.9 cm³/mol. The van der Waals surface area contributed by atoms with E-state index in [1.54, 1.807) is 6.07 Å². The molecule has 0 amide bonds. The fraction of sp³-hybridized carbons (Fsp3) is 0.500. The molecule has 6 nitrogen and oxygen atoms in total. The van der Waals surface area contributed by atoms with E-state index in [1.165, 1.54) is 0 Å². The molecule has 0 spiro atoms. The zero-order valence-corrected chi connectivity index (χ0v) is 11.5. The number of benzene rings is 1. The van der Waals surface area contributed by atoms with Crippen molar-refractivity contribution in [2.45, 2.75) is 0 Å². The van der Waals surface area contributed by atoms with Gasteiger partial charge in [0.1, 0.15) is 0 Å². The molecule has 1 aliphatic rings. The molecule has 0 unspecified atom stereocenters. The first-order chi connectivity index (χ1) is 9.12. The molecule has 1 aromatic carbocycles. The number of nitrogens with zero attached hydrogens (tertiary/aromatic N) is 1. The maximum atomic E-state index is 11.8. The second kappa shape index (κ2) is 6.23. The van der Waals surface area contributed by atoms with Crippen LogP contribution in [-0.4, -0.2) is 47.0 Å². The van der Waals surface area contributed by atoms with Gasteiger partial charge in [-0.05, 0) is 12.1 Å². The van der Waals surface area contributed by atoms with Crippen molar-refractivity contribution in [3.63, 3.8) is 0 Å². The lowest BCUT2D eigenvalue weighted by atomic mass is 10.2. The molecule has 1 saturated heterocycles. The summed E-state index contributed by atoms with van der Waals surface area (Å²) in [4.78, 5) is 2.11. The van der Waals surface area contributed by atoms with E-state index in [4.69, 9.17) is 10.5 Å². The topological polar surface area (TPSA) is 84.7 Å². The average Bonchev–Trinajstić information content (AvgIpc) is 2.40. The van der Waals surface area contributed by atoms with E-state index < -0.39 is 10.0 Å². The summed E-state index contributed by atoms with van der Waals surface area (Å²) in [5.74, 6) is -0.0789. The summed E-state index contributed by atoms with van der Waals surface area (Å²) in [6.45, 7) is 2.94. The summed E-state index contributed by atoms with van der Waals surface area (Å²) in [6.07, 6.45) is 0. The highest BCUT2D eigenvalue weighted by molar-refractivity contribution is 7.92. The van der Waals surface area contributed by atoms with Crippen molar-refractivity contribution in [1.29, 1.82) is 0 Å². The number of hydrogen-bond acceptors (Lipinski definition) is 5. The second-order valence-corrected chi connectivity index (χ2v) is 6.17. The highest BCUT2D eigenvalue weighted by atomic mass is 32.2. The van der Waals surface area contributed by atoms with E-state index in [0.29, 0.717) is 18.9 Å². The van der Waals surface area contributed by atoms with Crippen LogP contribution >= 0.6 is 0 Å². The normalized spacial score (nSPS) is 16.4. The molecular weight excluding hydrogens is 266 g/mol. The van der Waals surface area contributed by atoms with Gasteiger partial charge in [-0.15, -0.1) is 0 Å². The molecule has 106 valence electrons. The highest BCUT2D eigenvalue weighted by Gasteiger charge is 2.17. The molecular formula is C12H19N3O3S. The molecule has 0 aliphatic carbocycles. The van der Waals surface area contributed by atoms with Gasteiger partial charge < -0.3 is 15.4 Å². The standard InChI is InChI=1S/C12H19N3O3S/c13-5-10-19(16,17)14-11-3-1-2-4-12(11)15-6-8-18-9-7-15/h1-4,14H,5-10,13H2. The molecule has 0 saturated carbocycles. The van der Waals surface area contributed by atoms with E-state index in [1.807, 2.05) is 18.2 Å². The van der Waals surface area contributed by atoms with Crippen molar-refractivity contribution in [3.8, 4) is 0 Å². The second-order valence-electron chi connectivity index (χ2n) is 4.33. The smallest absolute Gasteiger partial charge is 0.234 e. The number of para-hydroxylation sites is 2. The first kappa shape index (κ1) is 14.1. The number of rotatable bonds is 5. The van der Waals surface area contributed by atoms with Crippen molar-refractivity contribution in [3.05, 3.63) is 24.3 Å². The van der Waals surface area contributed by atoms with Crippen LogP contribution in [0, 0.1) is 0 Å². The molecule has 3 N–H and O–H groups in total. The van der Waals surface area contributed by atoms with Crippen LogP contribution in [0.5, 0.6) is 0 Å². The lowest BCUT2D eigenvalue weighted by Gasteiger charge is -2.30. The molecule has 7 heteroatoms. The van der Waals surface area contributed by atoms with Crippen LogP contribution in [0.15, 0.2) is 24.3 Å². The van der Waals surface area contributed by atoms with E-state index in [9.17, 15) is 8.42 Å². The van der Waals surface area contributed by atoms with Gasteiger partial charge in [-0.1, -0.05) is 12.1 Å². The molecule has 0 radical (unpaired) electrons. The Bertz CT molecular complexity index is 513. The maximum absolute atomic E-state index is 11.8. The zero-order chi connectivity index (χ0) is 13.7. The molecule has 1 heterocycles. The lowest BCUT2D eigenvalue weighted by Crippen LogP contribution is -2.37. The molecule has 1 aliphatic heterocycles. The summed E-state index contributed by atoms with van der Waals surface area (Å²) < 4.78 is 31.5. The number of nitrogens with two attached hydrogens (primary N) is 1. The number of nitrogens with one attached hydrogen (secondary N) is 1. The van der Waals surface area contributed by atoms with E-state index >= 15 is 0 Å². The van der Waals surface area contributed by atoms with Crippen LogP contribution in [0.25, 0.3) is 0 Å². The molecule has 1 aromatic rings. The number of morpholine rings is 1. The zero-order valence-electron chi connectivity index (χ0n) is 10.7. The number of sulfonamides is 1. The van der Waals surface area contributed by atoms with Crippen molar-refractivity contribution in [2.75, 3.05) is 48.2 Å². The third-order valence-electron chi connectivity index (χ3n) is 2.91. The highest BCUT2D eigenvalue weighted by Crippen LogP contribution is 2.27.